The molecule has 0 N–H and O–H groups in total. The van der Waals surface area contributed by atoms with Crippen molar-refractivity contribution in [2.45, 2.75) is 13.5 Å². The molecule has 0 atom stereocenters. The topological polar surface area (TPSA) is 21.7 Å². The van der Waals surface area contributed by atoms with Gasteiger partial charge in [0.1, 0.15) is 0 Å². The zero-order valence-electron chi connectivity index (χ0n) is 10.1. The van der Waals surface area contributed by atoms with Gasteiger partial charge in [-0.3, -0.25) is 4.90 Å². The molecule has 0 unspecified atom stereocenters. The zero-order valence-corrected chi connectivity index (χ0v) is 10.1. The number of halogens is 1. The van der Waals surface area contributed by atoms with Crippen LogP contribution in [0.5, 0.6) is 5.75 Å². The number of hydrogen-bond donors (Lipinski definition) is 0. The number of hydrogen-bond acceptors (Lipinski definition) is 3. The minimum absolute atomic E-state index is 0.280. The van der Waals surface area contributed by atoms with Crippen molar-refractivity contribution in [3.05, 3.63) is 29.6 Å². The second kappa shape index (κ2) is 5.98. The van der Waals surface area contributed by atoms with Crippen molar-refractivity contribution in [3.63, 3.8) is 0 Å². The van der Waals surface area contributed by atoms with E-state index in [0.29, 0.717) is 12.4 Å². The Hall–Kier alpha value is -1.13. The third-order valence-corrected chi connectivity index (χ3v) is 2.81. The van der Waals surface area contributed by atoms with E-state index in [0.717, 1.165) is 38.4 Å². The molecule has 94 valence electrons. The molecule has 1 aromatic carbocycles. The van der Waals surface area contributed by atoms with Crippen LogP contribution < -0.4 is 4.74 Å². The first kappa shape index (κ1) is 12.3. The van der Waals surface area contributed by atoms with E-state index in [-0.39, 0.29) is 5.82 Å². The summed E-state index contributed by atoms with van der Waals surface area (Å²) >= 11 is 0. The fourth-order valence-corrected chi connectivity index (χ4v) is 1.93. The Morgan fingerprint density at radius 1 is 1.35 bits per heavy atom. The monoisotopic (exact) mass is 239 g/mol. The molecule has 0 spiro atoms. The van der Waals surface area contributed by atoms with Crippen LogP contribution in [0.3, 0.4) is 0 Å². The first-order valence-electron chi connectivity index (χ1n) is 6.01. The van der Waals surface area contributed by atoms with Gasteiger partial charge in [-0.25, -0.2) is 4.39 Å². The predicted octanol–water partition coefficient (Wildman–Crippen LogP) is 2.06. The van der Waals surface area contributed by atoms with Crippen molar-refractivity contribution in [1.29, 1.82) is 0 Å². The third-order valence-electron chi connectivity index (χ3n) is 2.81. The Morgan fingerprint density at radius 2 is 2.12 bits per heavy atom. The molecule has 3 nitrogen and oxygen atoms in total. The average Bonchev–Trinajstić information content (AvgIpc) is 2.34. The summed E-state index contributed by atoms with van der Waals surface area (Å²) < 4.78 is 24.1. The van der Waals surface area contributed by atoms with Crippen LogP contribution in [0.25, 0.3) is 0 Å². The molecule has 1 saturated heterocycles. The van der Waals surface area contributed by atoms with Crippen LogP contribution in [0, 0.1) is 5.82 Å². The molecule has 0 bridgehead atoms. The van der Waals surface area contributed by atoms with Gasteiger partial charge in [-0.05, 0) is 24.6 Å². The third kappa shape index (κ3) is 3.41. The standard InChI is InChI=1S/C13H18FNO2/c1-2-17-13-4-3-11(9-12(13)14)10-15-5-7-16-8-6-15/h3-4,9H,2,5-8,10H2,1H3. The van der Waals surface area contributed by atoms with Crippen molar-refractivity contribution in [2.24, 2.45) is 0 Å². The highest BCUT2D eigenvalue weighted by Crippen LogP contribution is 2.19. The fraction of sp³-hybridized carbons (Fsp3) is 0.538. The highest BCUT2D eigenvalue weighted by Gasteiger charge is 2.12. The maximum Gasteiger partial charge on any atom is 0.165 e. The summed E-state index contributed by atoms with van der Waals surface area (Å²) in [4.78, 5) is 2.26. The van der Waals surface area contributed by atoms with Crippen LogP contribution >= 0.6 is 0 Å². The van der Waals surface area contributed by atoms with Crippen LogP contribution in [0.15, 0.2) is 18.2 Å². The smallest absolute Gasteiger partial charge is 0.165 e. The second-order valence-electron chi connectivity index (χ2n) is 4.09. The molecule has 1 heterocycles. The van der Waals surface area contributed by atoms with Crippen molar-refractivity contribution < 1.29 is 13.9 Å². The summed E-state index contributed by atoms with van der Waals surface area (Å²) in [5, 5.41) is 0. The van der Waals surface area contributed by atoms with E-state index in [2.05, 4.69) is 4.90 Å². The lowest BCUT2D eigenvalue weighted by atomic mass is 10.2. The van der Waals surface area contributed by atoms with Gasteiger partial charge in [0, 0.05) is 19.6 Å². The Balaban J connectivity index is 1.98. The van der Waals surface area contributed by atoms with E-state index in [9.17, 15) is 4.39 Å². The first-order valence-corrected chi connectivity index (χ1v) is 6.01. The van der Waals surface area contributed by atoms with Crippen molar-refractivity contribution >= 4 is 0 Å². The lowest BCUT2D eigenvalue weighted by Gasteiger charge is -2.26. The van der Waals surface area contributed by atoms with E-state index in [1.165, 1.54) is 0 Å². The molecule has 0 saturated carbocycles. The second-order valence-corrected chi connectivity index (χ2v) is 4.09. The van der Waals surface area contributed by atoms with Crippen molar-refractivity contribution in [1.82, 2.24) is 4.90 Å². The van der Waals surface area contributed by atoms with Crippen LogP contribution in [0.2, 0.25) is 0 Å². The van der Waals surface area contributed by atoms with Gasteiger partial charge < -0.3 is 9.47 Å². The first-order chi connectivity index (χ1) is 8.29. The molecule has 4 heteroatoms. The molecule has 0 aliphatic carbocycles. The minimum Gasteiger partial charge on any atom is -0.491 e. The molecule has 0 amide bonds. The molecule has 0 aromatic heterocycles. The molecule has 1 fully saturated rings. The molecular weight excluding hydrogens is 221 g/mol. The molecule has 1 aromatic rings. The maximum atomic E-state index is 13.6. The minimum atomic E-state index is -0.280. The summed E-state index contributed by atoms with van der Waals surface area (Å²) in [5.74, 6) is 0.0517. The molecule has 17 heavy (non-hydrogen) atoms. The SMILES string of the molecule is CCOc1ccc(CN2CCOCC2)cc1F. The van der Waals surface area contributed by atoms with E-state index in [4.69, 9.17) is 9.47 Å². The molecule has 0 radical (unpaired) electrons. The van der Waals surface area contributed by atoms with Crippen LogP contribution in [0.1, 0.15) is 12.5 Å². The van der Waals surface area contributed by atoms with E-state index < -0.39 is 0 Å². The van der Waals surface area contributed by atoms with Gasteiger partial charge in [0.05, 0.1) is 19.8 Å². The van der Waals surface area contributed by atoms with Gasteiger partial charge in [0.15, 0.2) is 11.6 Å². The summed E-state index contributed by atoms with van der Waals surface area (Å²) in [7, 11) is 0. The summed E-state index contributed by atoms with van der Waals surface area (Å²) in [6.07, 6.45) is 0. The number of ether oxygens (including phenoxy) is 2. The van der Waals surface area contributed by atoms with Crippen LogP contribution in [-0.4, -0.2) is 37.8 Å². The van der Waals surface area contributed by atoms with Gasteiger partial charge in [0.25, 0.3) is 0 Å². The lowest BCUT2D eigenvalue weighted by molar-refractivity contribution is 0.0341. The fourth-order valence-electron chi connectivity index (χ4n) is 1.93. The maximum absolute atomic E-state index is 13.6. The lowest BCUT2D eigenvalue weighted by Crippen LogP contribution is -2.35. The van der Waals surface area contributed by atoms with Crippen molar-refractivity contribution in [3.8, 4) is 5.75 Å². The Bertz CT molecular complexity index is 364. The van der Waals surface area contributed by atoms with E-state index in [1.807, 2.05) is 13.0 Å². The largest absolute Gasteiger partial charge is 0.491 e. The number of benzene rings is 1. The number of nitrogens with zero attached hydrogens (tertiary/aromatic N) is 1. The number of morpholine rings is 1. The van der Waals surface area contributed by atoms with E-state index in [1.54, 1.807) is 12.1 Å². The molecule has 2 rings (SSSR count). The van der Waals surface area contributed by atoms with Crippen LogP contribution in [-0.2, 0) is 11.3 Å². The highest BCUT2D eigenvalue weighted by molar-refractivity contribution is 5.29. The van der Waals surface area contributed by atoms with Crippen molar-refractivity contribution in [2.75, 3.05) is 32.9 Å². The zero-order chi connectivity index (χ0) is 12.1. The Kier molecular flexibility index (Phi) is 4.34. The summed E-state index contributed by atoms with van der Waals surface area (Å²) in [6, 6.07) is 5.18. The summed E-state index contributed by atoms with van der Waals surface area (Å²) in [5.41, 5.74) is 0.979. The molecule has 1 aliphatic rings. The summed E-state index contributed by atoms with van der Waals surface area (Å²) in [6.45, 7) is 6.45. The van der Waals surface area contributed by atoms with Gasteiger partial charge >= 0.3 is 0 Å². The quantitative estimate of drug-likeness (QED) is 0.802. The average molecular weight is 239 g/mol. The van der Waals surface area contributed by atoms with E-state index >= 15 is 0 Å². The van der Waals surface area contributed by atoms with Gasteiger partial charge in [-0.2, -0.15) is 0 Å². The molecule has 1 aliphatic heterocycles. The highest BCUT2D eigenvalue weighted by atomic mass is 19.1. The predicted molar refractivity (Wildman–Crippen MR) is 63.7 cm³/mol. The Morgan fingerprint density at radius 3 is 2.76 bits per heavy atom. The molecular formula is C13H18FNO2. The number of rotatable bonds is 4. The van der Waals surface area contributed by atoms with Gasteiger partial charge in [-0.15, -0.1) is 0 Å². The Labute approximate surface area is 101 Å². The van der Waals surface area contributed by atoms with Gasteiger partial charge in [-0.1, -0.05) is 6.07 Å². The van der Waals surface area contributed by atoms with Crippen LogP contribution in [0.4, 0.5) is 4.39 Å². The van der Waals surface area contributed by atoms with Gasteiger partial charge in [0.2, 0.25) is 0 Å². The normalized spacial score (nSPS) is 17.1.